The van der Waals surface area contributed by atoms with Gasteiger partial charge in [0, 0.05) is 5.70 Å². The first-order valence-corrected chi connectivity index (χ1v) is 9.59. The Morgan fingerprint density at radius 1 is 1.09 bits per heavy atom. The van der Waals surface area contributed by atoms with Gasteiger partial charge in [0.1, 0.15) is 22.7 Å². The van der Waals surface area contributed by atoms with Gasteiger partial charge in [-0.15, -0.1) is 5.73 Å². The summed E-state index contributed by atoms with van der Waals surface area (Å²) in [5.74, 6) is 3.95. The first kappa shape index (κ1) is 27.2. The van der Waals surface area contributed by atoms with E-state index in [-0.39, 0.29) is 29.0 Å². The fraction of sp³-hybridized carbons (Fsp3) is 0.273. The fourth-order valence-electron chi connectivity index (χ4n) is 2.25. The van der Waals surface area contributed by atoms with Crippen molar-refractivity contribution in [2.45, 2.75) is 38.7 Å². The first-order valence-electron chi connectivity index (χ1n) is 9.59. The zero-order chi connectivity index (χ0) is 26.4. The molecule has 0 atom stereocenters. The van der Waals surface area contributed by atoms with Crippen molar-refractivity contribution >= 4 is 11.7 Å². The summed E-state index contributed by atoms with van der Waals surface area (Å²) in [5.41, 5.74) is -2.24. The first-order chi connectivity index (χ1) is 16.1. The quantitative estimate of drug-likeness (QED) is 0.270. The molecule has 0 bridgehead atoms. The Morgan fingerprint density at radius 3 is 2.34 bits per heavy atom. The van der Waals surface area contributed by atoms with Crippen LogP contribution in [0.1, 0.15) is 32.3 Å². The van der Waals surface area contributed by atoms with Gasteiger partial charge in [0.25, 0.3) is 0 Å². The average Bonchev–Trinajstić information content (AvgIpc) is 2.73. The minimum absolute atomic E-state index is 0.117. The van der Waals surface area contributed by atoms with Gasteiger partial charge in [-0.25, -0.2) is 9.98 Å². The second-order valence-corrected chi connectivity index (χ2v) is 7.32. The van der Waals surface area contributed by atoms with E-state index in [1.54, 1.807) is 0 Å². The van der Waals surface area contributed by atoms with E-state index in [4.69, 9.17) is 0 Å². The lowest BCUT2D eigenvalue weighted by Crippen LogP contribution is -2.21. The van der Waals surface area contributed by atoms with E-state index >= 15 is 0 Å². The number of aliphatic imine (C=N–C) groups is 1. The highest BCUT2D eigenvalue weighted by atomic mass is 19.4. The van der Waals surface area contributed by atoms with Crippen LogP contribution >= 0.6 is 0 Å². The molecule has 0 saturated heterocycles. The molecule has 0 amide bonds. The zero-order valence-corrected chi connectivity index (χ0v) is 18.5. The second-order valence-electron chi connectivity index (χ2n) is 7.32. The number of hydrogen-bond acceptors (Lipinski definition) is 7. The van der Waals surface area contributed by atoms with Crippen molar-refractivity contribution in [3.8, 4) is 23.4 Å². The van der Waals surface area contributed by atoms with Crippen LogP contribution in [0.5, 0.6) is 0 Å². The van der Waals surface area contributed by atoms with Gasteiger partial charge in [-0.05, 0) is 44.9 Å². The van der Waals surface area contributed by atoms with Crippen LogP contribution in [0.25, 0.3) is 11.5 Å². The number of halogens is 6. The highest BCUT2D eigenvalue weighted by molar-refractivity contribution is 6.00. The highest BCUT2D eigenvalue weighted by Crippen LogP contribution is 2.29. The van der Waals surface area contributed by atoms with Crippen LogP contribution in [0.4, 0.5) is 32.3 Å². The topological polar surface area (TPSA) is 96.2 Å². The highest BCUT2D eigenvalue weighted by Gasteiger charge is 2.34. The normalized spacial score (nSPS) is 13.0. The minimum Gasteiger partial charge on any atom is -0.378 e. The summed E-state index contributed by atoms with van der Waals surface area (Å²) in [6.45, 7) is 7.14. The van der Waals surface area contributed by atoms with Crippen molar-refractivity contribution in [1.82, 2.24) is 19.9 Å². The van der Waals surface area contributed by atoms with Crippen LogP contribution in [0.15, 0.2) is 53.5 Å². The molecule has 0 aromatic carbocycles. The molecule has 2 aromatic heterocycles. The Bertz CT molecular complexity index is 1260. The third-order valence-electron chi connectivity index (χ3n) is 3.63. The molecule has 0 unspecified atom stereocenters. The van der Waals surface area contributed by atoms with Crippen molar-refractivity contribution in [2.75, 3.05) is 5.32 Å². The number of rotatable bonds is 5. The predicted octanol–water partition coefficient (Wildman–Crippen LogP) is 4.69. The number of alkyl halides is 6. The molecule has 0 fully saturated rings. The van der Waals surface area contributed by atoms with Crippen molar-refractivity contribution < 1.29 is 31.4 Å². The predicted molar refractivity (Wildman–Crippen MR) is 116 cm³/mol. The molecule has 7 nitrogen and oxygen atoms in total. The van der Waals surface area contributed by atoms with Crippen LogP contribution < -0.4 is 5.32 Å². The lowest BCUT2D eigenvalue weighted by Gasteiger charge is -2.11. The molecular formula is C22H18F6N6O. The molecule has 0 aliphatic carbocycles. The van der Waals surface area contributed by atoms with Gasteiger partial charge in [0.05, 0.1) is 6.20 Å². The van der Waals surface area contributed by atoms with Gasteiger partial charge >= 0.3 is 12.4 Å². The van der Waals surface area contributed by atoms with Crippen molar-refractivity contribution in [2.24, 2.45) is 4.99 Å². The summed E-state index contributed by atoms with van der Waals surface area (Å²) in [6, 6.07) is 3.05. The smallest absolute Gasteiger partial charge is 0.378 e. The SMILES string of the molecule is C=C=CN=C(/C=C(\C)Nc1nc(C#CC(C)(C)O)nc(-c2cccc(C(F)(F)F)n2)n1)C(F)(F)F. The van der Waals surface area contributed by atoms with Gasteiger partial charge in [0.15, 0.2) is 5.82 Å². The summed E-state index contributed by atoms with van der Waals surface area (Å²) in [6.07, 6.45) is -8.15. The summed E-state index contributed by atoms with van der Waals surface area (Å²) in [5, 5.41) is 12.3. The van der Waals surface area contributed by atoms with Crippen LogP contribution in [0.3, 0.4) is 0 Å². The summed E-state index contributed by atoms with van der Waals surface area (Å²) in [4.78, 5) is 18.6. The molecule has 2 rings (SSSR count). The Morgan fingerprint density at radius 2 is 1.77 bits per heavy atom. The lowest BCUT2D eigenvalue weighted by molar-refractivity contribution is -0.141. The zero-order valence-electron chi connectivity index (χ0n) is 18.5. The van der Waals surface area contributed by atoms with Crippen LogP contribution in [-0.4, -0.2) is 42.5 Å². The number of nitrogens with one attached hydrogen (secondary N) is 1. The largest absolute Gasteiger partial charge is 0.433 e. The Labute approximate surface area is 196 Å². The molecule has 2 aromatic rings. The minimum atomic E-state index is -4.80. The molecular weight excluding hydrogens is 478 g/mol. The number of anilines is 1. The summed E-state index contributed by atoms with van der Waals surface area (Å²) < 4.78 is 78.8. The molecule has 184 valence electrons. The lowest BCUT2D eigenvalue weighted by atomic mass is 10.1. The van der Waals surface area contributed by atoms with E-state index in [1.807, 2.05) is 0 Å². The Kier molecular flexibility index (Phi) is 8.17. The van der Waals surface area contributed by atoms with Crippen LogP contribution in [0.2, 0.25) is 0 Å². The standard InChI is InChI=1S/C22H18F6N6O/c1-5-11-29-16(22(26,27)28)12-13(2)30-19-33-17(9-10-20(3,4)35)32-18(34-19)14-7-6-8-15(31-14)21(23,24)25/h6-8,11-12,35H,1H2,2-4H3,(H,30,32,33,34)/b13-12+,29-16?. The number of aromatic nitrogens is 4. The maximum absolute atomic E-state index is 13.2. The third kappa shape index (κ3) is 8.69. The molecule has 35 heavy (non-hydrogen) atoms. The van der Waals surface area contributed by atoms with Crippen LogP contribution in [0, 0.1) is 11.8 Å². The molecule has 0 aliphatic heterocycles. The van der Waals surface area contributed by atoms with Gasteiger partial charge < -0.3 is 10.4 Å². The van der Waals surface area contributed by atoms with E-state index in [2.05, 4.69) is 54.4 Å². The summed E-state index contributed by atoms with van der Waals surface area (Å²) >= 11 is 0. The second kappa shape index (κ2) is 10.5. The maximum atomic E-state index is 13.2. The molecule has 0 aliphatic rings. The third-order valence-corrected chi connectivity index (χ3v) is 3.63. The van der Waals surface area contributed by atoms with E-state index in [9.17, 15) is 31.4 Å². The average molecular weight is 496 g/mol. The van der Waals surface area contributed by atoms with Gasteiger partial charge in [0.2, 0.25) is 11.8 Å². The molecule has 0 radical (unpaired) electrons. The van der Waals surface area contributed by atoms with Crippen molar-refractivity contribution in [3.05, 3.63) is 60.0 Å². The van der Waals surface area contributed by atoms with Gasteiger partial charge in [-0.3, -0.25) is 0 Å². The van der Waals surface area contributed by atoms with E-state index < -0.39 is 29.4 Å². The number of aliphatic hydroxyl groups is 1. The van der Waals surface area contributed by atoms with Gasteiger partial charge in [-0.1, -0.05) is 18.6 Å². The monoisotopic (exact) mass is 496 g/mol. The summed E-state index contributed by atoms with van der Waals surface area (Å²) in [7, 11) is 0. The van der Waals surface area contributed by atoms with Gasteiger partial charge in [-0.2, -0.15) is 41.3 Å². The molecule has 0 saturated carbocycles. The van der Waals surface area contributed by atoms with Crippen molar-refractivity contribution in [1.29, 1.82) is 0 Å². The van der Waals surface area contributed by atoms with E-state index in [1.165, 1.54) is 26.8 Å². The Hall–Kier alpha value is -4.01. The molecule has 2 N–H and O–H groups in total. The number of hydrogen-bond donors (Lipinski definition) is 2. The fourth-order valence-corrected chi connectivity index (χ4v) is 2.25. The van der Waals surface area contributed by atoms with E-state index in [0.717, 1.165) is 18.3 Å². The van der Waals surface area contributed by atoms with Crippen molar-refractivity contribution in [3.63, 3.8) is 0 Å². The molecule has 0 spiro atoms. The molecule has 13 heteroatoms. The number of pyridine rings is 1. The number of nitrogens with zero attached hydrogens (tertiary/aromatic N) is 5. The Balaban J connectivity index is 2.59. The molecule has 2 heterocycles. The van der Waals surface area contributed by atoms with Crippen LogP contribution in [-0.2, 0) is 6.18 Å². The van der Waals surface area contributed by atoms with E-state index in [0.29, 0.717) is 6.08 Å². The number of allylic oxidation sites excluding steroid dienone is 2. The maximum Gasteiger partial charge on any atom is 0.433 e.